The van der Waals surface area contributed by atoms with Crippen LogP contribution in [0.3, 0.4) is 0 Å². The van der Waals surface area contributed by atoms with Crippen LogP contribution in [-0.2, 0) is 0 Å². The number of hydrogen-bond donors (Lipinski definition) is 1. The lowest BCUT2D eigenvalue weighted by Crippen LogP contribution is -2.30. The number of H-pyrrole nitrogens is 1. The maximum absolute atomic E-state index is 12.7. The highest BCUT2D eigenvalue weighted by Gasteiger charge is 2.21. The van der Waals surface area contributed by atoms with Crippen molar-refractivity contribution in [2.45, 2.75) is 0 Å². The van der Waals surface area contributed by atoms with Crippen LogP contribution in [0.25, 0.3) is 15.0 Å². The normalized spacial score (nSPS) is 11.1. The Kier molecular flexibility index (Phi) is 2.99. The summed E-state index contributed by atoms with van der Waals surface area (Å²) in [7, 11) is 0. The van der Waals surface area contributed by atoms with Crippen LogP contribution in [0.4, 0.5) is 0 Å². The minimum atomic E-state index is -0.657. The molecule has 0 aliphatic rings. The molecule has 0 unspecified atom stereocenters. The molecule has 112 valence electrons. The molecule has 2 aromatic heterocycles. The third-order valence-electron chi connectivity index (χ3n) is 3.64. The van der Waals surface area contributed by atoms with Gasteiger partial charge in [-0.1, -0.05) is 42.5 Å². The van der Waals surface area contributed by atoms with Crippen molar-refractivity contribution in [1.82, 2.24) is 9.38 Å². The first kappa shape index (κ1) is 13.7. The Bertz CT molecular complexity index is 1170. The molecule has 0 aliphatic carbocycles. The molecule has 5 nitrogen and oxygen atoms in total. The summed E-state index contributed by atoms with van der Waals surface area (Å²) in [5, 5.41) is 0. The quantitative estimate of drug-likeness (QED) is 0.576. The molecular formula is C17H10N2O3S. The number of carbonyl (C=O) groups is 1. The molecule has 0 saturated carbocycles. The summed E-state index contributed by atoms with van der Waals surface area (Å²) in [6.07, 6.45) is 0. The first-order valence-corrected chi connectivity index (χ1v) is 7.75. The number of benzene rings is 2. The van der Waals surface area contributed by atoms with Gasteiger partial charge in [0.1, 0.15) is 10.4 Å². The van der Waals surface area contributed by atoms with Crippen LogP contribution in [0.2, 0.25) is 0 Å². The Morgan fingerprint density at radius 3 is 2.43 bits per heavy atom. The number of fused-ring (bicyclic) bond motifs is 3. The number of nitrogens with one attached hydrogen (secondary N) is 1. The minimum absolute atomic E-state index is 0.00278. The average molecular weight is 322 g/mol. The van der Waals surface area contributed by atoms with Gasteiger partial charge in [0.2, 0.25) is 5.78 Å². The predicted octanol–water partition coefficient (Wildman–Crippen LogP) is 2.43. The smallest absolute Gasteiger partial charge is 0.288 e. The van der Waals surface area contributed by atoms with E-state index < -0.39 is 17.0 Å². The molecule has 0 fully saturated rings. The third-order valence-corrected chi connectivity index (χ3v) is 4.79. The Morgan fingerprint density at radius 2 is 1.65 bits per heavy atom. The lowest BCUT2D eigenvalue weighted by molar-refractivity contribution is 0.103. The Hall–Kier alpha value is -2.99. The second kappa shape index (κ2) is 5.03. The van der Waals surface area contributed by atoms with Crippen molar-refractivity contribution < 1.29 is 4.79 Å². The lowest BCUT2D eigenvalue weighted by Gasteiger charge is -2.02. The van der Waals surface area contributed by atoms with Crippen molar-refractivity contribution in [3.63, 3.8) is 0 Å². The highest BCUT2D eigenvalue weighted by atomic mass is 32.1. The number of hydrogen-bond acceptors (Lipinski definition) is 4. The van der Waals surface area contributed by atoms with Crippen LogP contribution in [-0.4, -0.2) is 15.2 Å². The third kappa shape index (κ3) is 2.03. The topological polar surface area (TPSA) is 71.4 Å². The molecule has 0 saturated heterocycles. The Morgan fingerprint density at radius 1 is 0.957 bits per heavy atom. The summed E-state index contributed by atoms with van der Waals surface area (Å²) in [4.78, 5) is 39.8. The summed E-state index contributed by atoms with van der Waals surface area (Å²) in [6, 6.07) is 15.9. The van der Waals surface area contributed by atoms with E-state index in [-0.39, 0.29) is 5.56 Å². The van der Waals surface area contributed by atoms with Gasteiger partial charge >= 0.3 is 5.69 Å². The van der Waals surface area contributed by atoms with E-state index in [2.05, 4.69) is 4.98 Å². The van der Waals surface area contributed by atoms with Gasteiger partial charge in [0.25, 0.3) is 5.56 Å². The highest BCUT2D eigenvalue weighted by Crippen LogP contribution is 2.26. The van der Waals surface area contributed by atoms with Crippen molar-refractivity contribution in [3.05, 3.63) is 86.6 Å². The van der Waals surface area contributed by atoms with Gasteiger partial charge < -0.3 is 0 Å². The van der Waals surface area contributed by atoms with Crippen LogP contribution in [0, 0.1) is 0 Å². The van der Waals surface area contributed by atoms with Gasteiger partial charge in [-0.3, -0.25) is 19.0 Å². The second-order valence-electron chi connectivity index (χ2n) is 5.04. The number of para-hydroxylation sites is 1. The maximum atomic E-state index is 12.7. The molecule has 0 radical (unpaired) electrons. The van der Waals surface area contributed by atoms with Crippen LogP contribution >= 0.6 is 11.3 Å². The van der Waals surface area contributed by atoms with E-state index in [0.717, 1.165) is 4.70 Å². The monoisotopic (exact) mass is 322 g/mol. The lowest BCUT2D eigenvalue weighted by atomic mass is 10.1. The summed E-state index contributed by atoms with van der Waals surface area (Å²) in [6.45, 7) is 0. The molecule has 0 aliphatic heterocycles. The number of ketones is 1. The largest absolute Gasteiger partial charge is 0.334 e. The summed E-state index contributed by atoms with van der Waals surface area (Å²) >= 11 is 1.26. The van der Waals surface area contributed by atoms with Crippen LogP contribution < -0.4 is 11.2 Å². The summed E-state index contributed by atoms with van der Waals surface area (Å²) < 4.78 is 2.23. The molecule has 0 atom stereocenters. The maximum Gasteiger partial charge on any atom is 0.334 e. The minimum Gasteiger partial charge on any atom is -0.288 e. The van der Waals surface area contributed by atoms with E-state index >= 15 is 0 Å². The zero-order valence-electron chi connectivity index (χ0n) is 11.8. The fourth-order valence-electron chi connectivity index (χ4n) is 2.60. The van der Waals surface area contributed by atoms with Gasteiger partial charge in [-0.15, -0.1) is 11.3 Å². The number of carbonyl (C=O) groups excluding carboxylic acids is 1. The SMILES string of the molecule is O=C(c1ccccc1)c1c(=O)[nH]c(=O)n2c1sc1ccccc12. The predicted molar refractivity (Wildman–Crippen MR) is 89.5 cm³/mol. The van der Waals surface area contributed by atoms with Crippen molar-refractivity contribution in [3.8, 4) is 0 Å². The van der Waals surface area contributed by atoms with E-state index in [4.69, 9.17) is 0 Å². The molecule has 23 heavy (non-hydrogen) atoms. The molecule has 2 heterocycles. The van der Waals surface area contributed by atoms with E-state index in [9.17, 15) is 14.4 Å². The van der Waals surface area contributed by atoms with E-state index in [0.29, 0.717) is 15.9 Å². The Balaban J connectivity index is 2.13. The summed E-state index contributed by atoms with van der Waals surface area (Å²) in [5.74, 6) is -0.393. The number of nitrogens with zero attached hydrogens (tertiary/aromatic N) is 1. The fourth-order valence-corrected chi connectivity index (χ4v) is 3.78. The van der Waals surface area contributed by atoms with Crippen LogP contribution in [0.5, 0.6) is 0 Å². The average Bonchev–Trinajstić information content (AvgIpc) is 2.95. The standard InChI is InChI=1S/C17H10N2O3S/c20-14(10-6-2-1-3-7-10)13-15(21)18-17(22)19-11-8-4-5-9-12(11)23-16(13)19/h1-9H,(H,18,21,22). The van der Waals surface area contributed by atoms with Gasteiger partial charge in [-0.25, -0.2) is 4.79 Å². The van der Waals surface area contributed by atoms with Crippen LogP contribution in [0.1, 0.15) is 15.9 Å². The molecule has 2 aromatic carbocycles. The molecular weight excluding hydrogens is 312 g/mol. The summed E-state index contributed by atoms with van der Waals surface area (Å²) in [5.41, 5.74) is -0.105. The first-order valence-electron chi connectivity index (χ1n) is 6.93. The number of rotatable bonds is 2. The van der Waals surface area contributed by atoms with Gasteiger partial charge in [-0.05, 0) is 12.1 Å². The first-order chi connectivity index (χ1) is 11.2. The van der Waals surface area contributed by atoms with E-state index in [1.807, 2.05) is 18.2 Å². The number of thiazole rings is 1. The number of aromatic nitrogens is 2. The van der Waals surface area contributed by atoms with E-state index in [1.54, 1.807) is 36.4 Å². The molecule has 4 aromatic rings. The molecule has 4 rings (SSSR count). The highest BCUT2D eigenvalue weighted by molar-refractivity contribution is 7.24. The van der Waals surface area contributed by atoms with Crippen molar-refractivity contribution in [1.29, 1.82) is 0 Å². The molecule has 6 heteroatoms. The molecule has 0 bridgehead atoms. The van der Waals surface area contributed by atoms with Gasteiger partial charge in [-0.2, -0.15) is 0 Å². The molecule has 0 amide bonds. The number of aromatic amines is 1. The van der Waals surface area contributed by atoms with Crippen molar-refractivity contribution >= 4 is 32.2 Å². The second-order valence-corrected chi connectivity index (χ2v) is 6.07. The zero-order valence-corrected chi connectivity index (χ0v) is 12.6. The fraction of sp³-hybridized carbons (Fsp3) is 0. The van der Waals surface area contributed by atoms with Gasteiger partial charge in [0.15, 0.2) is 0 Å². The van der Waals surface area contributed by atoms with Crippen LogP contribution in [0.15, 0.2) is 64.2 Å². The zero-order chi connectivity index (χ0) is 16.0. The molecule has 1 N–H and O–H groups in total. The van der Waals surface area contributed by atoms with Crippen molar-refractivity contribution in [2.24, 2.45) is 0 Å². The van der Waals surface area contributed by atoms with Crippen molar-refractivity contribution in [2.75, 3.05) is 0 Å². The molecule has 0 spiro atoms. The van der Waals surface area contributed by atoms with E-state index in [1.165, 1.54) is 15.7 Å². The van der Waals surface area contributed by atoms with Gasteiger partial charge in [0, 0.05) is 5.56 Å². The Labute approximate surface area is 133 Å². The van der Waals surface area contributed by atoms with Gasteiger partial charge in [0.05, 0.1) is 10.2 Å².